The number of nitrogens with zero attached hydrogens (tertiary/aromatic N) is 1. The van der Waals surface area contributed by atoms with Gasteiger partial charge in [0.25, 0.3) is 0 Å². The first kappa shape index (κ1) is 31.1. The lowest BCUT2D eigenvalue weighted by Crippen LogP contribution is -2.13. The second-order valence-electron chi connectivity index (χ2n) is 14.4. The Morgan fingerprint density at radius 3 is 2.12 bits per heavy atom. The van der Waals surface area contributed by atoms with Gasteiger partial charge in [0.2, 0.25) is 0 Å². The van der Waals surface area contributed by atoms with E-state index in [1.807, 2.05) is 11.3 Å². The van der Waals surface area contributed by atoms with E-state index >= 15 is 0 Å². The number of rotatable bonds is 7. The summed E-state index contributed by atoms with van der Waals surface area (Å²) in [6, 6.07) is 60.9. The minimum atomic E-state index is 0.452. The molecule has 0 bridgehead atoms. The van der Waals surface area contributed by atoms with Crippen molar-refractivity contribution in [2.24, 2.45) is 0 Å². The summed E-state index contributed by atoms with van der Waals surface area (Å²) in [5.74, 6) is 0.452. The molecule has 1 unspecified atom stereocenters. The van der Waals surface area contributed by atoms with Crippen LogP contribution in [-0.2, 0) is 19.3 Å². The van der Waals surface area contributed by atoms with Gasteiger partial charge in [-0.1, -0.05) is 140 Å². The van der Waals surface area contributed by atoms with Crippen molar-refractivity contribution in [2.45, 2.75) is 38.5 Å². The Morgan fingerprint density at radius 1 is 0.577 bits per heavy atom. The Bertz CT molecular complexity index is 2750. The van der Waals surface area contributed by atoms with Crippen molar-refractivity contribution in [3.05, 3.63) is 197 Å². The Morgan fingerprint density at radius 2 is 1.27 bits per heavy atom. The maximum atomic E-state index is 2.51. The van der Waals surface area contributed by atoms with Crippen molar-refractivity contribution in [3.8, 4) is 27.3 Å². The molecular formula is C50H39NS. The lowest BCUT2D eigenvalue weighted by Gasteiger charge is -2.29. The summed E-state index contributed by atoms with van der Waals surface area (Å²) in [5, 5.41) is 4.03. The van der Waals surface area contributed by atoms with Gasteiger partial charge in [0.1, 0.15) is 0 Å². The molecule has 0 saturated carbocycles. The van der Waals surface area contributed by atoms with Crippen LogP contribution in [0.15, 0.2) is 164 Å². The molecule has 1 aliphatic carbocycles. The van der Waals surface area contributed by atoms with Gasteiger partial charge >= 0.3 is 0 Å². The Labute approximate surface area is 309 Å². The highest BCUT2D eigenvalue weighted by molar-refractivity contribution is 7.22. The van der Waals surface area contributed by atoms with Gasteiger partial charge in [-0.05, 0) is 118 Å². The first-order valence-electron chi connectivity index (χ1n) is 18.6. The number of aryl methyl sites for hydroxylation is 2. The zero-order valence-electron chi connectivity index (χ0n) is 29.3. The van der Waals surface area contributed by atoms with Crippen LogP contribution >= 0.6 is 11.3 Å². The number of hydrogen-bond donors (Lipinski definition) is 0. The lowest BCUT2D eigenvalue weighted by atomic mass is 9.76. The topological polar surface area (TPSA) is 4.93 Å². The van der Waals surface area contributed by atoms with Crippen LogP contribution in [0, 0.1) is 6.92 Å². The average Bonchev–Trinajstić information content (AvgIpc) is 3.73. The molecule has 2 heteroatoms. The van der Waals surface area contributed by atoms with E-state index in [4.69, 9.17) is 0 Å². The smallest absolute Gasteiger partial charge is 0.0579 e. The van der Waals surface area contributed by atoms with E-state index in [-0.39, 0.29) is 0 Å². The minimum Gasteiger partial charge on any atom is -0.309 e. The summed E-state index contributed by atoms with van der Waals surface area (Å²) < 4.78 is 3.87. The SMILES string of the molecule is Cc1c(-c2ccccc2Cc2ccc(CCC3Cc4c(ccc5c6ccccc6n(-c6ccccc6)c45)-c4ccccc43)cc2)sc2ccccc12. The van der Waals surface area contributed by atoms with Crippen molar-refractivity contribution < 1.29 is 0 Å². The monoisotopic (exact) mass is 685 g/mol. The predicted molar refractivity (Wildman–Crippen MR) is 222 cm³/mol. The van der Waals surface area contributed by atoms with Crippen LogP contribution < -0.4 is 0 Å². The second kappa shape index (κ2) is 12.8. The fraction of sp³-hybridized carbons (Fsp3) is 0.120. The van der Waals surface area contributed by atoms with Gasteiger partial charge in [-0.2, -0.15) is 0 Å². The number of benzene rings is 7. The van der Waals surface area contributed by atoms with E-state index in [1.54, 1.807) is 0 Å². The molecule has 2 heterocycles. The zero-order valence-corrected chi connectivity index (χ0v) is 30.2. The van der Waals surface area contributed by atoms with Gasteiger partial charge in [-0.25, -0.2) is 0 Å². The van der Waals surface area contributed by atoms with E-state index in [9.17, 15) is 0 Å². The molecule has 0 radical (unpaired) electrons. The van der Waals surface area contributed by atoms with Crippen LogP contribution in [0.1, 0.15) is 45.7 Å². The molecule has 52 heavy (non-hydrogen) atoms. The van der Waals surface area contributed by atoms with E-state index in [0.29, 0.717) is 5.92 Å². The van der Waals surface area contributed by atoms with E-state index < -0.39 is 0 Å². The molecule has 1 aliphatic rings. The van der Waals surface area contributed by atoms with Crippen molar-refractivity contribution in [1.82, 2.24) is 4.57 Å². The van der Waals surface area contributed by atoms with Gasteiger partial charge in [-0.15, -0.1) is 11.3 Å². The fourth-order valence-corrected chi connectivity index (χ4v) is 10.1. The zero-order chi connectivity index (χ0) is 34.6. The molecule has 9 aromatic rings. The normalized spacial score (nSPS) is 13.8. The highest BCUT2D eigenvalue weighted by atomic mass is 32.1. The minimum absolute atomic E-state index is 0.452. The number of hydrogen-bond acceptors (Lipinski definition) is 1. The Hall–Kier alpha value is -5.70. The third-order valence-electron chi connectivity index (χ3n) is 11.4. The van der Waals surface area contributed by atoms with E-state index in [2.05, 4.69) is 175 Å². The molecule has 10 rings (SSSR count). The van der Waals surface area contributed by atoms with Gasteiger partial charge in [0.05, 0.1) is 11.0 Å². The average molecular weight is 686 g/mol. The van der Waals surface area contributed by atoms with Crippen LogP contribution in [-0.4, -0.2) is 4.57 Å². The first-order chi connectivity index (χ1) is 25.7. The fourth-order valence-electron chi connectivity index (χ4n) is 8.85. The van der Waals surface area contributed by atoms with Gasteiger partial charge in [0.15, 0.2) is 0 Å². The number of thiophene rings is 1. The second-order valence-corrected chi connectivity index (χ2v) is 15.5. The molecule has 0 spiro atoms. The third kappa shape index (κ3) is 5.21. The molecule has 2 aromatic heterocycles. The molecule has 0 N–H and O–H groups in total. The van der Waals surface area contributed by atoms with Crippen LogP contribution in [0.4, 0.5) is 0 Å². The summed E-state index contributed by atoms with van der Waals surface area (Å²) in [6.45, 7) is 2.27. The highest BCUT2D eigenvalue weighted by Crippen LogP contribution is 2.47. The third-order valence-corrected chi connectivity index (χ3v) is 12.7. The summed E-state index contributed by atoms with van der Waals surface area (Å²) in [7, 11) is 0. The lowest BCUT2D eigenvalue weighted by molar-refractivity contribution is 0.617. The largest absolute Gasteiger partial charge is 0.309 e. The predicted octanol–water partition coefficient (Wildman–Crippen LogP) is 13.5. The Balaban J connectivity index is 0.949. The summed E-state index contributed by atoms with van der Waals surface area (Å²) in [5.41, 5.74) is 16.5. The van der Waals surface area contributed by atoms with Gasteiger partial charge < -0.3 is 4.57 Å². The van der Waals surface area contributed by atoms with Crippen molar-refractivity contribution in [1.29, 1.82) is 0 Å². The molecule has 250 valence electrons. The highest BCUT2D eigenvalue weighted by Gasteiger charge is 2.28. The summed E-state index contributed by atoms with van der Waals surface area (Å²) in [4.78, 5) is 1.39. The molecule has 0 aliphatic heterocycles. The van der Waals surface area contributed by atoms with Crippen molar-refractivity contribution >= 4 is 43.2 Å². The van der Waals surface area contributed by atoms with Crippen LogP contribution in [0.5, 0.6) is 0 Å². The van der Waals surface area contributed by atoms with Crippen molar-refractivity contribution in [2.75, 3.05) is 0 Å². The quantitative estimate of drug-likeness (QED) is 0.157. The number of aromatic nitrogens is 1. The molecule has 0 amide bonds. The molecule has 7 aromatic carbocycles. The number of fused-ring (bicyclic) bond motifs is 8. The standard InChI is InChI=1S/C50H39NS/c1-33-39-16-10-12-22-48(39)52-50(33)41-18-6-5-13-36(41)31-35-25-23-34(24-26-35)27-28-37-32-46-43(42-19-8-7-17-40(37)42)29-30-45-44-20-9-11-21-47(44)51(49(45)46)38-14-3-2-4-15-38/h2-26,29-30,37H,27-28,31-32H2,1H3. The van der Waals surface area contributed by atoms with Crippen LogP contribution in [0.25, 0.3) is 59.1 Å². The molecule has 1 nitrogen and oxygen atoms in total. The summed E-state index contributed by atoms with van der Waals surface area (Å²) in [6.07, 6.45) is 4.15. The maximum absolute atomic E-state index is 2.51. The van der Waals surface area contributed by atoms with Gasteiger partial charge in [0, 0.05) is 26.0 Å². The van der Waals surface area contributed by atoms with Gasteiger partial charge in [-0.3, -0.25) is 0 Å². The molecular weight excluding hydrogens is 647 g/mol. The number of para-hydroxylation sites is 2. The first-order valence-corrected chi connectivity index (χ1v) is 19.4. The van der Waals surface area contributed by atoms with Crippen molar-refractivity contribution in [3.63, 3.8) is 0 Å². The van der Waals surface area contributed by atoms with E-state index in [0.717, 1.165) is 25.7 Å². The molecule has 0 saturated heterocycles. The molecule has 1 atom stereocenters. The molecule has 0 fully saturated rings. The Kier molecular flexibility index (Phi) is 7.65. The summed E-state index contributed by atoms with van der Waals surface area (Å²) >= 11 is 1.91. The van der Waals surface area contributed by atoms with Crippen LogP contribution in [0.3, 0.4) is 0 Å². The maximum Gasteiger partial charge on any atom is 0.0579 e. The van der Waals surface area contributed by atoms with Crippen LogP contribution in [0.2, 0.25) is 0 Å². The van der Waals surface area contributed by atoms with E-state index in [1.165, 1.54) is 92.5 Å².